The van der Waals surface area contributed by atoms with Crippen LogP contribution in [0.1, 0.15) is 36.3 Å². The average molecular weight is 485 g/mol. The Morgan fingerprint density at radius 1 is 1.24 bits per heavy atom. The molecule has 10 heteroatoms. The number of likely N-dealkylation sites (tertiary alicyclic amines) is 1. The van der Waals surface area contributed by atoms with Crippen LogP contribution in [0.4, 0.5) is 13.6 Å². The first-order valence-electron chi connectivity index (χ1n) is 11.0. The molecule has 3 heterocycles. The molecule has 176 valence electrons. The number of thiazole rings is 1. The van der Waals surface area contributed by atoms with Crippen LogP contribution in [0.5, 0.6) is 0 Å². The van der Waals surface area contributed by atoms with E-state index in [0.717, 1.165) is 51.2 Å². The van der Waals surface area contributed by atoms with E-state index in [9.17, 15) is 23.2 Å². The fourth-order valence-electron chi connectivity index (χ4n) is 4.61. The number of nitrogens with zero attached hydrogens (tertiary/aromatic N) is 3. The molecule has 0 radical (unpaired) electrons. The second-order valence-electron chi connectivity index (χ2n) is 8.77. The van der Waals surface area contributed by atoms with Gasteiger partial charge in [-0.1, -0.05) is 12.1 Å². The molecule has 5 rings (SSSR count). The maximum atomic E-state index is 14.4. The molecule has 2 aliphatic rings. The van der Waals surface area contributed by atoms with Crippen molar-refractivity contribution in [3.05, 3.63) is 64.7 Å². The molecule has 0 saturated carbocycles. The lowest BCUT2D eigenvalue weighted by Gasteiger charge is -2.32. The number of carbonyl (C=O) groups excluding carboxylic acids is 3. The molecule has 0 aliphatic carbocycles. The zero-order valence-corrected chi connectivity index (χ0v) is 19.2. The van der Waals surface area contributed by atoms with E-state index in [0.29, 0.717) is 13.1 Å². The minimum Gasteiger partial charge on any atom is -0.340 e. The number of carbonyl (C=O) groups is 3. The number of imide groups is 1. The Morgan fingerprint density at radius 2 is 2.03 bits per heavy atom. The molecule has 7 nitrogen and oxygen atoms in total. The van der Waals surface area contributed by atoms with Gasteiger partial charge in [0.25, 0.3) is 5.91 Å². The summed E-state index contributed by atoms with van der Waals surface area (Å²) in [5, 5.41) is 3.38. The fourth-order valence-corrected chi connectivity index (χ4v) is 5.70. The summed E-state index contributed by atoms with van der Waals surface area (Å²) in [5.41, 5.74) is -1.15. The molecular weight excluding hydrogens is 462 g/mol. The van der Waals surface area contributed by atoms with Crippen LogP contribution in [0.3, 0.4) is 0 Å². The molecule has 34 heavy (non-hydrogen) atoms. The summed E-state index contributed by atoms with van der Waals surface area (Å²) in [7, 11) is 0. The van der Waals surface area contributed by atoms with Crippen molar-refractivity contribution in [3.8, 4) is 0 Å². The zero-order chi connectivity index (χ0) is 24.0. The van der Waals surface area contributed by atoms with Crippen molar-refractivity contribution in [2.24, 2.45) is 0 Å². The quantitative estimate of drug-likeness (QED) is 0.572. The van der Waals surface area contributed by atoms with Gasteiger partial charge in [0.1, 0.15) is 23.7 Å². The number of benzene rings is 2. The Kier molecular flexibility index (Phi) is 5.55. The fraction of sp³-hybridized carbons (Fsp3) is 0.333. The van der Waals surface area contributed by atoms with Crippen molar-refractivity contribution < 1.29 is 23.2 Å². The molecule has 3 aromatic rings. The highest BCUT2D eigenvalue weighted by Gasteiger charge is 2.51. The number of hydrogen-bond donors (Lipinski definition) is 1. The SMILES string of the molecule is CC1(c2cc(F)ccc2F)NC(=O)N(CC(=O)N2CCCC(c3nc4ccccc4s3)C2)C1=O. The van der Waals surface area contributed by atoms with Gasteiger partial charge in [0, 0.05) is 24.6 Å². The maximum absolute atomic E-state index is 14.4. The normalized spacial score (nSPS) is 23.0. The summed E-state index contributed by atoms with van der Waals surface area (Å²) in [4.78, 5) is 45.8. The largest absolute Gasteiger partial charge is 0.340 e. The number of fused-ring (bicyclic) bond motifs is 1. The molecule has 2 unspecified atom stereocenters. The van der Waals surface area contributed by atoms with Gasteiger partial charge in [-0.25, -0.2) is 18.6 Å². The number of aromatic nitrogens is 1. The molecule has 2 atom stereocenters. The number of urea groups is 1. The van der Waals surface area contributed by atoms with E-state index >= 15 is 0 Å². The number of para-hydroxylation sites is 1. The van der Waals surface area contributed by atoms with E-state index in [1.54, 1.807) is 16.2 Å². The van der Waals surface area contributed by atoms with E-state index in [2.05, 4.69) is 5.32 Å². The number of rotatable bonds is 4. The summed E-state index contributed by atoms with van der Waals surface area (Å²) < 4.78 is 29.2. The molecule has 0 spiro atoms. The number of halogens is 2. The average Bonchev–Trinajstić information content (AvgIpc) is 3.36. The smallest absolute Gasteiger partial charge is 0.325 e. The van der Waals surface area contributed by atoms with Gasteiger partial charge in [-0.2, -0.15) is 0 Å². The van der Waals surface area contributed by atoms with Crippen molar-refractivity contribution in [1.29, 1.82) is 0 Å². The molecule has 2 fully saturated rings. The highest BCUT2D eigenvalue weighted by molar-refractivity contribution is 7.18. The van der Waals surface area contributed by atoms with Crippen molar-refractivity contribution >= 4 is 39.4 Å². The Labute approximate surface area is 198 Å². The van der Waals surface area contributed by atoms with Crippen LogP contribution in [0.15, 0.2) is 42.5 Å². The van der Waals surface area contributed by atoms with Crippen LogP contribution in [-0.2, 0) is 15.1 Å². The third kappa shape index (κ3) is 3.81. The van der Waals surface area contributed by atoms with E-state index in [1.807, 2.05) is 24.3 Å². The zero-order valence-electron chi connectivity index (χ0n) is 18.4. The minimum absolute atomic E-state index is 0.0739. The highest BCUT2D eigenvalue weighted by Crippen LogP contribution is 2.34. The minimum atomic E-state index is -1.80. The van der Waals surface area contributed by atoms with Gasteiger partial charge in [-0.3, -0.25) is 14.5 Å². The van der Waals surface area contributed by atoms with E-state index < -0.39 is 35.7 Å². The monoisotopic (exact) mass is 484 g/mol. The molecule has 0 bridgehead atoms. The summed E-state index contributed by atoms with van der Waals surface area (Å²) in [6.45, 7) is 1.79. The number of nitrogens with one attached hydrogen (secondary N) is 1. The summed E-state index contributed by atoms with van der Waals surface area (Å²) in [6.07, 6.45) is 1.67. The van der Waals surface area contributed by atoms with Gasteiger partial charge in [-0.05, 0) is 50.1 Å². The second kappa shape index (κ2) is 8.43. The van der Waals surface area contributed by atoms with Crippen molar-refractivity contribution in [1.82, 2.24) is 20.1 Å². The molecule has 4 amide bonds. The van der Waals surface area contributed by atoms with Crippen LogP contribution < -0.4 is 5.32 Å². The first-order chi connectivity index (χ1) is 16.3. The highest BCUT2D eigenvalue weighted by atomic mass is 32.1. The molecular formula is C24H22F2N4O3S. The standard InChI is InChI=1S/C24H22F2N4O3S/c1-24(16-11-15(25)8-9-17(16)26)22(32)30(23(33)28-24)13-20(31)29-10-4-5-14(12-29)21-27-18-6-2-3-7-19(18)34-21/h2-3,6-9,11,14H,4-5,10,12-13H2,1H3,(H,28,33). The summed E-state index contributed by atoms with van der Waals surface area (Å²) in [5.74, 6) is -2.65. The van der Waals surface area contributed by atoms with Crippen LogP contribution in [0.25, 0.3) is 10.2 Å². The van der Waals surface area contributed by atoms with Crippen LogP contribution >= 0.6 is 11.3 Å². The van der Waals surface area contributed by atoms with Gasteiger partial charge >= 0.3 is 6.03 Å². The van der Waals surface area contributed by atoms with Crippen molar-refractivity contribution in [3.63, 3.8) is 0 Å². The van der Waals surface area contributed by atoms with Gasteiger partial charge in [0.05, 0.1) is 15.2 Å². The molecule has 2 aliphatic heterocycles. The lowest BCUT2D eigenvalue weighted by Crippen LogP contribution is -2.47. The Morgan fingerprint density at radius 3 is 2.82 bits per heavy atom. The Balaban J connectivity index is 1.31. The number of piperidine rings is 1. The Bertz CT molecular complexity index is 1280. The topological polar surface area (TPSA) is 82.6 Å². The summed E-state index contributed by atoms with van der Waals surface area (Å²) >= 11 is 1.61. The molecule has 1 N–H and O–H groups in total. The van der Waals surface area contributed by atoms with Crippen molar-refractivity contribution in [2.75, 3.05) is 19.6 Å². The van der Waals surface area contributed by atoms with E-state index in [-0.39, 0.29) is 17.4 Å². The lowest BCUT2D eigenvalue weighted by molar-refractivity contribution is -0.139. The predicted octanol–water partition coefficient (Wildman–Crippen LogP) is 3.75. The first kappa shape index (κ1) is 22.4. The van der Waals surface area contributed by atoms with Crippen LogP contribution in [0, 0.1) is 11.6 Å². The third-order valence-corrected chi connectivity index (χ3v) is 7.67. The van der Waals surface area contributed by atoms with Gasteiger partial charge < -0.3 is 10.2 Å². The van der Waals surface area contributed by atoms with Crippen LogP contribution in [-0.4, -0.2) is 52.3 Å². The summed E-state index contributed by atoms with van der Waals surface area (Å²) in [6, 6.07) is 9.76. The van der Waals surface area contributed by atoms with E-state index in [4.69, 9.17) is 4.98 Å². The van der Waals surface area contributed by atoms with Gasteiger partial charge in [0.2, 0.25) is 5.91 Å². The number of hydrogen-bond acceptors (Lipinski definition) is 5. The Hall–Kier alpha value is -3.40. The molecule has 2 saturated heterocycles. The second-order valence-corrected chi connectivity index (χ2v) is 9.83. The molecule has 1 aromatic heterocycles. The van der Waals surface area contributed by atoms with Gasteiger partial charge in [-0.15, -0.1) is 11.3 Å². The van der Waals surface area contributed by atoms with Crippen molar-refractivity contribution in [2.45, 2.75) is 31.2 Å². The first-order valence-corrected chi connectivity index (χ1v) is 11.8. The maximum Gasteiger partial charge on any atom is 0.325 e. The molecule has 2 aromatic carbocycles. The third-order valence-electron chi connectivity index (χ3n) is 6.47. The van der Waals surface area contributed by atoms with E-state index in [1.165, 1.54) is 6.92 Å². The van der Waals surface area contributed by atoms with Gasteiger partial charge in [0.15, 0.2) is 0 Å². The van der Waals surface area contributed by atoms with Crippen LogP contribution in [0.2, 0.25) is 0 Å². The number of amides is 4. The predicted molar refractivity (Wildman–Crippen MR) is 122 cm³/mol. The lowest BCUT2D eigenvalue weighted by atomic mass is 9.91.